The van der Waals surface area contributed by atoms with Gasteiger partial charge in [0.05, 0.1) is 12.1 Å². The van der Waals surface area contributed by atoms with Crippen molar-refractivity contribution in [1.29, 1.82) is 0 Å². The lowest BCUT2D eigenvalue weighted by molar-refractivity contribution is 0.0202. The maximum Gasteiger partial charge on any atom is 0.0808 e. The number of hydrogen-bond donors (Lipinski definition) is 0. The van der Waals surface area contributed by atoms with Gasteiger partial charge >= 0.3 is 0 Å². The average molecular weight is 337 g/mol. The van der Waals surface area contributed by atoms with Crippen molar-refractivity contribution in [3.8, 4) is 0 Å². The summed E-state index contributed by atoms with van der Waals surface area (Å²) in [4.78, 5) is 0. The smallest absolute Gasteiger partial charge is 0.0808 e. The van der Waals surface area contributed by atoms with Gasteiger partial charge < -0.3 is 0 Å². The predicted octanol–water partition coefficient (Wildman–Crippen LogP) is 4.97. The third kappa shape index (κ3) is 1.85. The number of azo groups is 1. The van der Waals surface area contributed by atoms with Gasteiger partial charge in [0.15, 0.2) is 0 Å². The van der Waals surface area contributed by atoms with E-state index in [0.29, 0.717) is 12.1 Å². The highest BCUT2D eigenvalue weighted by atomic mass is 32.2. The minimum Gasteiger partial charge on any atom is -0.190 e. The third-order valence-electron chi connectivity index (χ3n) is 7.59. The molecular formula is C21H24N2S. The number of hydrogen-bond acceptors (Lipinski definition) is 3. The van der Waals surface area contributed by atoms with E-state index in [9.17, 15) is 0 Å². The first-order valence-electron chi connectivity index (χ1n) is 9.62. The van der Waals surface area contributed by atoms with Gasteiger partial charge in [-0.25, -0.2) is 0 Å². The van der Waals surface area contributed by atoms with E-state index in [1.807, 2.05) is 0 Å². The summed E-state index contributed by atoms with van der Waals surface area (Å²) in [5.41, 5.74) is 1.48. The summed E-state index contributed by atoms with van der Waals surface area (Å²) in [6.07, 6.45) is 9.04. The Balaban J connectivity index is 1.23. The second kappa shape index (κ2) is 5.20. The highest BCUT2D eigenvalue weighted by molar-refractivity contribution is 7.99. The topological polar surface area (TPSA) is 24.7 Å². The van der Waals surface area contributed by atoms with Crippen LogP contribution in [0.2, 0.25) is 0 Å². The Morgan fingerprint density at radius 1 is 0.958 bits per heavy atom. The van der Waals surface area contributed by atoms with Crippen LogP contribution in [0.3, 0.4) is 0 Å². The molecule has 6 aliphatic rings. The van der Waals surface area contributed by atoms with Gasteiger partial charge in [0.1, 0.15) is 0 Å². The molecule has 1 aromatic carbocycles. The molecule has 24 heavy (non-hydrogen) atoms. The fourth-order valence-corrected chi connectivity index (χ4v) is 8.31. The van der Waals surface area contributed by atoms with Gasteiger partial charge in [0, 0.05) is 16.9 Å². The van der Waals surface area contributed by atoms with Crippen molar-refractivity contribution in [1.82, 2.24) is 0 Å². The van der Waals surface area contributed by atoms with Crippen molar-refractivity contribution in [3.63, 3.8) is 0 Å². The van der Waals surface area contributed by atoms with E-state index in [0.717, 1.165) is 40.8 Å². The van der Waals surface area contributed by atoms with Crippen molar-refractivity contribution in [2.75, 3.05) is 0 Å². The minimum absolute atomic E-state index is 0.527. The van der Waals surface area contributed by atoms with Crippen LogP contribution in [0, 0.1) is 35.5 Å². The van der Waals surface area contributed by atoms with Gasteiger partial charge in [-0.15, -0.1) is 0 Å². The molecule has 4 bridgehead atoms. The van der Waals surface area contributed by atoms with E-state index < -0.39 is 0 Å². The molecule has 2 aliphatic heterocycles. The van der Waals surface area contributed by atoms with Crippen LogP contribution in [0.4, 0.5) is 0 Å². The molecular weight excluding hydrogens is 312 g/mol. The monoisotopic (exact) mass is 336 g/mol. The molecule has 4 aliphatic carbocycles. The third-order valence-corrected chi connectivity index (χ3v) is 9.06. The molecule has 2 nitrogen and oxygen atoms in total. The second-order valence-electron chi connectivity index (χ2n) is 8.50. The van der Waals surface area contributed by atoms with Gasteiger partial charge in [-0.2, -0.15) is 22.0 Å². The minimum atomic E-state index is 0.527. The molecule has 0 amide bonds. The number of nitrogens with zero attached hydrogens (tertiary/aromatic N) is 2. The normalized spacial score (nSPS) is 49.6. The van der Waals surface area contributed by atoms with Crippen molar-refractivity contribution in [2.45, 2.75) is 42.3 Å². The molecule has 7 rings (SSSR count). The van der Waals surface area contributed by atoms with E-state index in [1.54, 1.807) is 0 Å². The Morgan fingerprint density at radius 3 is 2.75 bits per heavy atom. The first kappa shape index (κ1) is 14.1. The van der Waals surface area contributed by atoms with E-state index in [4.69, 9.17) is 10.2 Å². The van der Waals surface area contributed by atoms with Crippen molar-refractivity contribution in [2.24, 2.45) is 45.7 Å². The van der Waals surface area contributed by atoms with Crippen LogP contribution in [-0.4, -0.2) is 17.3 Å². The molecule has 3 heteroatoms. The fraction of sp³-hybridized carbons (Fsp3) is 0.619. The summed E-state index contributed by atoms with van der Waals surface area (Å²) in [5.74, 6) is 6.22. The predicted molar refractivity (Wildman–Crippen MR) is 97.9 cm³/mol. The Labute approximate surface area is 148 Å². The zero-order chi connectivity index (χ0) is 15.7. The summed E-state index contributed by atoms with van der Waals surface area (Å²) in [6.45, 7) is 0. The Morgan fingerprint density at radius 2 is 1.83 bits per heavy atom. The largest absolute Gasteiger partial charge is 0.190 e. The van der Waals surface area contributed by atoms with Gasteiger partial charge in [-0.3, -0.25) is 0 Å². The highest BCUT2D eigenvalue weighted by Crippen LogP contribution is 2.65. The highest BCUT2D eigenvalue weighted by Gasteiger charge is 2.65. The van der Waals surface area contributed by atoms with E-state index in [2.05, 4.69) is 54.2 Å². The molecule has 3 saturated carbocycles. The molecule has 0 radical (unpaired) electrons. The first-order valence-corrected chi connectivity index (χ1v) is 10.7. The summed E-state index contributed by atoms with van der Waals surface area (Å²) >= 11 is 2.22. The Hall–Kier alpha value is -1.09. The van der Waals surface area contributed by atoms with Gasteiger partial charge in [0.25, 0.3) is 0 Å². The van der Waals surface area contributed by atoms with Crippen LogP contribution in [-0.2, 0) is 5.75 Å². The molecule has 0 saturated heterocycles. The van der Waals surface area contributed by atoms with Crippen LogP contribution in [0.15, 0.2) is 52.7 Å². The van der Waals surface area contributed by atoms with Crippen LogP contribution in [0.5, 0.6) is 0 Å². The Bertz CT molecular complexity index is 699. The molecule has 9 atom stereocenters. The number of thioether (sulfide) groups is 1. The van der Waals surface area contributed by atoms with Crippen LogP contribution >= 0.6 is 11.8 Å². The number of fused-ring (bicyclic) bond motifs is 2. The first-order chi connectivity index (χ1) is 11.9. The molecule has 0 aromatic heterocycles. The average Bonchev–Trinajstić information content (AvgIpc) is 3.36. The lowest BCUT2D eigenvalue weighted by atomic mass is 9.58. The van der Waals surface area contributed by atoms with Crippen molar-refractivity contribution < 1.29 is 0 Å². The molecule has 0 spiro atoms. The van der Waals surface area contributed by atoms with E-state index >= 15 is 0 Å². The molecule has 124 valence electrons. The molecule has 2 heterocycles. The summed E-state index contributed by atoms with van der Waals surface area (Å²) in [5, 5.41) is 10.5. The lowest BCUT2D eigenvalue weighted by Gasteiger charge is -2.52. The van der Waals surface area contributed by atoms with Crippen molar-refractivity contribution in [3.05, 3.63) is 48.0 Å². The standard InChI is InChI=1S/C21H24N2S/c1-2-5-12(6-3-1)11-24-17-10-13-9-16(17)19-18(13)20-14-7-4-8-15(14)21(19)23-22-20/h1-7,13-21H,8-11H2/t13-,14-,15+,16+,17+,18+,19-,20-,21+/m1/s1. The van der Waals surface area contributed by atoms with Crippen LogP contribution < -0.4 is 0 Å². The number of rotatable bonds is 3. The summed E-state index contributed by atoms with van der Waals surface area (Å²) in [6, 6.07) is 12.1. The maximum absolute atomic E-state index is 4.83. The SMILES string of the molecule is C1=C[C@@H]2[C@H](C1)[C@@H]1N=N[C@H]2[C@H]2[C@@H]3C[C@H]([C@@H]12)[C@@H](SCc1ccccc1)C3. The van der Waals surface area contributed by atoms with Gasteiger partial charge in [-0.05, 0) is 54.4 Å². The Kier molecular flexibility index (Phi) is 3.06. The van der Waals surface area contributed by atoms with Gasteiger partial charge in [0.2, 0.25) is 0 Å². The van der Waals surface area contributed by atoms with E-state index in [1.165, 1.54) is 30.6 Å². The van der Waals surface area contributed by atoms with Crippen molar-refractivity contribution >= 4 is 11.8 Å². The molecule has 0 N–H and O–H groups in total. The summed E-state index contributed by atoms with van der Waals surface area (Å²) < 4.78 is 0. The fourth-order valence-electron chi connectivity index (χ4n) is 6.79. The van der Waals surface area contributed by atoms with Crippen LogP contribution in [0.1, 0.15) is 24.8 Å². The van der Waals surface area contributed by atoms with Gasteiger partial charge in [-0.1, -0.05) is 42.5 Å². The lowest BCUT2D eigenvalue weighted by Crippen LogP contribution is -2.55. The number of allylic oxidation sites excluding steroid dienone is 1. The number of benzene rings is 1. The van der Waals surface area contributed by atoms with Crippen LogP contribution in [0.25, 0.3) is 0 Å². The maximum atomic E-state index is 4.83. The molecule has 3 fully saturated rings. The zero-order valence-electron chi connectivity index (χ0n) is 13.9. The van der Waals surface area contributed by atoms with E-state index in [-0.39, 0.29) is 0 Å². The zero-order valence-corrected chi connectivity index (χ0v) is 14.7. The quantitative estimate of drug-likeness (QED) is 0.715. The molecule has 0 unspecified atom stereocenters. The summed E-state index contributed by atoms with van der Waals surface area (Å²) in [7, 11) is 0. The second-order valence-corrected chi connectivity index (χ2v) is 9.73. The molecule has 1 aromatic rings.